The molecule has 0 spiro atoms. The number of piperazine rings is 1. The Morgan fingerprint density at radius 2 is 1.90 bits per heavy atom. The minimum Gasteiger partial charge on any atom is -0.454 e. The number of anilines is 4. The summed E-state index contributed by atoms with van der Waals surface area (Å²) in [6.07, 6.45) is 1.56. The summed E-state index contributed by atoms with van der Waals surface area (Å²) in [6.45, 7) is 8.76. The number of fused-ring (bicyclic) bond motifs is 1. The number of aromatic nitrogens is 3. The third-order valence-electron chi connectivity index (χ3n) is 5.63. The van der Waals surface area contributed by atoms with Gasteiger partial charge in [-0.1, -0.05) is 6.07 Å². The highest BCUT2D eigenvalue weighted by Crippen LogP contribution is 2.34. The van der Waals surface area contributed by atoms with Crippen LogP contribution in [0.1, 0.15) is 16.1 Å². The largest absolute Gasteiger partial charge is 0.454 e. The van der Waals surface area contributed by atoms with E-state index in [1.807, 2.05) is 13.0 Å². The van der Waals surface area contributed by atoms with Crippen LogP contribution < -0.4 is 25.4 Å². The molecule has 0 radical (unpaired) electrons. The second kappa shape index (κ2) is 8.20. The maximum Gasteiger partial charge on any atom is 0.231 e. The van der Waals surface area contributed by atoms with Crippen LogP contribution >= 0.6 is 11.3 Å². The molecule has 3 aromatic rings. The zero-order chi connectivity index (χ0) is 21.4. The number of ether oxygens (including phenoxy) is 2. The second-order valence-corrected chi connectivity index (χ2v) is 8.90. The third kappa shape index (κ3) is 4.08. The van der Waals surface area contributed by atoms with Crippen molar-refractivity contribution in [3.63, 3.8) is 0 Å². The molecule has 0 bridgehead atoms. The topological polar surface area (TPSA) is 102 Å². The van der Waals surface area contributed by atoms with Crippen LogP contribution in [0, 0.1) is 13.8 Å². The molecule has 1 fully saturated rings. The number of nitrogens with one attached hydrogen (secondary N) is 1. The van der Waals surface area contributed by atoms with Crippen LogP contribution in [0.5, 0.6) is 11.5 Å². The number of nitrogens with zero attached hydrogens (tertiary/aromatic N) is 5. The Balaban J connectivity index is 1.23. The van der Waals surface area contributed by atoms with Gasteiger partial charge in [-0.3, -0.25) is 4.90 Å². The van der Waals surface area contributed by atoms with Crippen molar-refractivity contribution in [2.75, 3.05) is 48.9 Å². The van der Waals surface area contributed by atoms with Crippen LogP contribution in [0.25, 0.3) is 0 Å². The smallest absolute Gasteiger partial charge is 0.231 e. The third-order valence-corrected chi connectivity index (χ3v) is 6.62. The standard InChI is InChI=1S/C21H25N7O2S/c1-13-14(2)31-21(25-13)26-19-18(22)20(24-11-23-19)28-7-5-27(6-8-28)10-15-3-4-16-17(9-15)30-12-29-16/h3-4,9,11H,5-8,10,12,22H2,1-2H3,(H,23,24,25,26). The Morgan fingerprint density at radius 1 is 1.10 bits per heavy atom. The fourth-order valence-corrected chi connectivity index (χ4v) is 4.59. The molecule has 0 saturated carbocycles. The van der Waals surface area contributed by atoms with E-state index in [-0.39, 0.29) is 0 Å². The van der Waals surface area contributed by atoms with Crippen molar-refractivity contribution in [2.24, 2.45) is 0 Å². The van der Waals surface area contributed by atoms with Gasteiger partial charge in [0.25, 0.3) is 0 Å². The number of nitrogen functional groups attached to an aromatic ring is 1. The van der Waals surface area contributed by atoms with Crippen molar-refractivity contribution in [1.82, 2.24) is 19.9 Å². The lowest BCUT2D eigenvalue weighted by atomic mass is 10.1. The summed E-state index contributed by atoms with van der Waals surface area (Å²) < 4.78 is 10.9. The fourth-order valence-electron chi connectivity index (χ4n) is 3.78. The summed E-state index contributed by atoms with van der Waals surface area (Å²) in [5, 5.41) is 4.04. The lowest BCUT2D eigenvalue weighted by Crippen LogP contribution is -2.46. The summed E-state index contributed by atoms with van der Waals surface area (Å²) in [7, 11) is 0. The quantitative estimate of drug-likeness (QED) is 0.621. The molecule has 2 aromatic heterocycles. The molecule has 5 rings (SSSR count). The Kier molecular flexibility index (Phi) is 5.24. The summed E-state index contributed by atoms with van der Waals surface area (Å²) in [4.78, 5) is 19.1. The van der Waals surface area contributed by atoms with Gasteiger partial charge in [0.2, 0.25) is 6.79 Å². The SMILES string of the molecule is Cc1nc(Nc2ncnc(N3CCN(Cc4ccc5c(c4)OCO5)CC3)c2N)sc1C. The average Bonchev–Trinajstić information content (AvgIpc) is 3.36. The van der Waals surface area contributed by atoms with E-state index >= 15 is 0 Å². The van der Waals surface area contributed by atoms with E-state index in [1.165, 1.54) is 10.4 Å². The predicted octanol–water partition coefficient (Wildman–Crippen LogP) is 2.93. The van der Waals surface area contributed by atoms with Gasteiger partial charge in [-0.05, 0) is 31.5 Å². The monoisotopic (exact) mass is 439 g/mol. The first kappa shape index (κ1) is 19.8. The maximum absolute atomic E-state index is 6.43. The lowest BCUT2D eigenvalue weighted by Gasteiger charge is -2.36. The van der Waals surface area contributed by atoms with Crippen LogP contribution in [0.4, 0.5) is 22.5 Å². The molecule has 2 aliphatic heterocycles. The highest BCUT2D eigenvalue weighted by molar-refractivity contribution is 7.15. The number of nitrogens with two attached hydrogens (primary N) is 1. The Hall–Kier alpha value is -3.11. The number of hydrogen-bond donors (Lipinski definition) is 2. The van der Waals surface area contributed by atoms with Crippen molar-refractivity contribution in [3.8, 4) is 11.5 Å². The Labute approximate surface area is 184 Å². The predicted molar refractivity (Wildman–Crippen MR) is 121 cm³/mol. The van der Waals surface area contributed by atoms with Crippen LogP contribution in [0.2, 0.25) is 0 Å². The zero-order valence-electron chi connectivity index (χ0n) is 17.6. The Morgan fingerprint density at radius 3 is 2.68 bits per heavy atom. The van der Waals surface area contributed by atoms with Gasteiger partial charge in [-0.2, -0.15) is 0 Å². The van der Waals surface area contributed by atoms with Crippen molar-refractivity contribution in [1.29, 1.82) is 0 Å². The van der Waals surface area contributed by atoms with E-state index in [9.17, 15) is 0 Å². The summed E-state index contributed by atoms with van der Waals surface area (Å²) in [6, 6.07) is 6.15. The number of benzene rings is 1. The molecule has 0 unspecified atom stereocenters. The van der Waals surface area contributed by atoms with E-state index in [1.54, 1.807) is 17.7 Å². The van der Waals surface area contributed by atoms with Gasteiger partial charge in [-0.15, -0.1) is 11.3 Å². The lowest BCUT2D eigenvalue weighted by molar-refractivity contribution is 0.174. The van der Waals surface area contributed by atoms with E-state index in [0.29, 0.717) is 18.3 Å². The molecule has 31 heavy (non-hydrogen) atoms. The maximum atomic E-state index is 6.43. The van der Waals surface area contributed by atoms with Crippen LogP contribution in [0.3, 0.4) is 0 Å². The van der Waals surface area contributed by atoms with Gasteiger partial charge in [0, 0.05) is 37.6 Å². The number of aryl methyl sites for hydroxylation is 2. The van der Waals surface area contributed by atoms with E-state index < -0.39 is 0 Å². The number of hydrogen-bond acceptors (Lipinski definition) is 10. The summed E-state index contributed by atoms with van der Waals surface area (Å²) in [5.74, 6) is 3.02. The molecule has 0 amide bonds. The van der Waals surface area contributed by atoms with Gasteiger partial charge >= 0.3 is 0 Å². The second-order valence-electron chi connectivity index (χ2n) is 7.70. The highest BCUT2D eigenvalue weighted by atomic mass is 32.1. The fraction of sp³-hybridized carbons (Fsp3) is 0.381. The zero-order valence-corrected chi connectivity index (χ0v) is 18.4. The molecule has 9 nitrogen and oxygen atoms in total. The van der Waals surface area contributed by atoms with E-state index in [2.05, 4.69) is 49.1 Å². The molecular weight excluding hydrogens is 414 g/mol. The van der Waals surface area contributed by atoms with Crippen LogP contribution in [-0.2, 0) is 6.54 Å². The molecule has 2 aliphatic rings. The van der Waals surface area contributed by atoms with E-state index in [4.69, 9.17) is 15.2 Å². The summed E-state index contributed by atoms with van der Waals surface area (Å²) in [5.41, 5.74) is 9.21. The highest BCUT2D eigenvalue weighted by Gasteiger charge is 2.22. The van der Waals surface area contributed by atoms with Gasteiger partial charge < -0.3 is 25.4 Å². The van der Waals surface area contributed by atoms with Crippen molar-refractivity contribution in [2.45, 2.75) is 20.4 Å². The molecular formula is C21H25N7O2S. The minimum atomic E-state index is 0.302. The molecule has 1 aromatic carbocycles. The van der Waals surface area contributed by atoms with Gasteiger partial charge in [0.15, 0.2) is 28.3 Å². The molecule has 162 valence electrons. The molecule has 0 aliphatic carbocycles. The Bertz CT molecular complexity index is 1080. The first-order chi connectivity index (χ1) is 15.1. The van der Waals surface area contributed by atoms with Gasteiger partial charge in [0.1, 0.15) is 12.0 Å². The first-order valence-corrected chi connectivity index (χ1v) is 11.1. The normalized spacial score (nSPS) is 16.0. The van der Waals surface area contributed by atoms with Crippen LogP contribution in [-0.4, -0.2) is 52.8 Å². The van der Waals surface area contributed by atoms with Gasteiger partial charge in [-0.25, -0.2) is 15.0 Å². The summed E-state index contributed by atoms with van der Waals surface area (Å²) >= 11 is 1.59. The minimum absolute atomic E-state index is 0.302. The van der Waals surface area contributed by atoms with Gasteiger partial charge in [0.05, 0.1) is 5.69 Å². The van der Waals surface area contributed by atoms with Crippen LogP contribution in [0.15, 0.2) is 24.5 Å². The molecule has 3 N–H and O–H groups in total. The van der Waals surface area contributed by atoms with Crippen molar-refractivity contribution in [3.05, 3.63) is 40.7 Å². The van der Waals surface area contributed by atoms with Crippen molar-refractivity contribution < 1.29 is 9.47 Å². The van der Waals surface area contributed by atoms with E-state index in [0.717, 1.165) is 60.9 Å². The average molecular weight is 440 g/mol. The number of rotatable bonds is 5. The molecule has 4 heterocycles. The molecule has 0 atom stereocenters. The molecule has 1 saturated heterocycles. The molecule has 10 heteroatoms. The van der Waals surface area contributed by atoms with Crippen molar-refractivity contribution >= 4 is 33.8 Å². The first-order valence-electron chi connectivity index (χ1n) is 10.2. The number of thiazole rings is 1.